The van der Waals surface area contributed by atoms with E-state index in [2.05, 4.69) is 34.0 Å². The zero-order chi connectivity index (χ0) is 22.6. The van der Waals surface area contributed by atoms with Crippen LogP contribution >= 0.6 is 0 Å². The molecule has 2 aromatic rings. The summed E-state index contributed by atoms with van der Waals surface area (Å²) >= 11 is 0. The normalized spacial score (nSPS) is 18.9. The fourth-order valence-electron chi connectivity index (χ4n) is 3.62. The SMILES string of the molecule is CCOCC1CN(Cc2cnn(C)c2)Cc2nn(CC3CC3)cc21.O=C(O)C(F)(F)F. The van der Waals surface area contributed by atoms with Crippen molar-refractivity contribution in [3.05, 3.63) is 35.4 Å². The third-order valence-electron chi connectivity index (χ3n) is 5.23. The fourth-order valence-corrected chi connectivity index (χ4v) is 3.62. The van der Waals surface area contributed by atoms with E-state index in [1.165, 1.54) is 29.7 Å². The minimum atomic E-state index is -5.08. The van der Waals surface area contributed by atoms with Crippen LogP contribution < -0.4 is 0 Å². The molecule has 1 fully saturated rings. The van der Waals surface area contributed by atoms with Crippen molar-refractivity contribution in [1.29, 1.82) is 0 Å². The molecule has 1 saturated carbocycles. The van der Waals surface area contributed by atoms with Crippen LogP contribution in [0.4, 0.5) is 13.2 Å². The lowest BCUT2D eigenvalue weighted by molar-refractivity contribution is -0.192. The first-order chi connectivity index (χ1) is 14.7. The number of carbonyl (C=O) groups is 1. The van der Waals surface area contributed by atoms with E-state index in [1.54, 1.807) is 0 Å². The Morgan fingerprint density at radius 2 is 2.03 bits per heavy atom. The highest BCUT2D eigenvalue weighted by molar-refractivity contribution is 5.73. The second-order valence-electron chi connectivity index (χ2n) is 8.05. The highest BCUT2D eigenvalue weighted by Gasteiger charge is 2.38. The van der Waals surface area contributed by atoms with Crippen LogP contribution in [0.3, 0.4) is 0 Å². The third kappa shape index (κ3) is 6.79. The van der Waals surface area contributed by atoms with Crippen molar-refractivity contribution >= 4 is 5.97 Å². The van der Waals surface area contributed by atoms with Gasteiger partial charge in [-0.2, -0.15) is 23.4 Å². The average molecular weight is 443 g/mol. The molecule has 1 aliphatic heterocycles. The Morgan fingerprint density at radius 3 is 2.58 bits per heavy atom. The summed E-state index contributed by atoms with van der Waals surface area (Å²) in [5, 5.41) is 16.3. The van der Waals surface area contributed by atoms with Crippen molar-refractivity contribution in [3.63, 3.8) is 0 Å². The first-order valence-corrected chi connectivity index (χ1v) is 10.3. The van der Waals surface area contributed by atoms with Crippen molar-refractivity contribution < 1.29 is 27.8 Å². The van der Waals surface area contributed by atoms with Gasteiger partial charge in [0.25, 0.3) is 0 Å². The summed E-state index contributed by atoms with van der Waals surface area (Å²) in [4.78, 5) is 11.4. The molecule has 31 heavy (non-hydrogen) atoms. The Labute approximate surface area is 178 Å². The molecule has 2 aliphatic rings. The number of halogens is 3. The second-order valence-corrected chi connectivity index (χ2v) is 8.05. The number of hydrogen-bond acceptors (Lipinski definition) is 5. The molecule has 1 N–H and O–H groups in total. The van der Waals surface area contributed by atoms with Gasteiger partial charge in [-0.05, 0) is 25.7 Å². The molecule has 0 amide bonds. The number of carboxylic acid groups (broad SMARTS) is 1. The van der Waals surface area contributed by atoms with Crippen molar-refractivity contribution in [2.75, 3.05) is 19.8 Å². The zero-order valence-corrected chi connectivity index (χ0v) is 17.7. The van der Waals surface area contributed by atoms with Crippen molar-refractivity contribution in [1.82, 2.24) is 24.5 Å². The first kappa shape index (κ1) is 23.3. The molecule has 1 aliphatic carbocycles. The van der Waals surface area contributed by atoms with Gasteiger partial charge in [-0.15, -0.1) is 0 Å². The van der Waals surface area contributed by atoms with Crippen molar-refractivity contribution in [2.45, 2.75) is 51.5 Å². The lowest BCUT2D eigenvalue weighted by Crippen LogP contribution is -2.34. The van der Waals surface area contributed by atoms with Crippen molar-refractivity contribution in [2.24, 2.45) is 13.0 Å². The quantitative estimate of drug-likeness (QED) is 0.708. The van der Waals surface area contributed by atoms with Crippen molar-refractivity contribution in [3.8, 4) is 0 Å². The number of hydrogen-bond donors (Lipinski definition) is 1. The van der Waals surface area contributed by atoms with Gasteiger partial charge in [0.2, 0.25) is 0 Å². The second kappa shape index (κ2) is 9.82. The molecule has 11 heteroatoms. The number of nitrogens with zero attached hydrogens (tertiary/aromatic N) is 5. The van der Waals surface area contributed by atoms with Gasteiger partial charge in [0, 0.05) is 69.3 Å². The van der Waals surface area contributed by atoms with E-state index in [-0.39, 0.29) is 0 Å². The Balaban J connectivity index is 0.000000339. The minimum absolute atomic E-state index is 0.415. The maximum atomic E-state index is 10.6. The molecule has 4 rings (SSSR count). The smallest absolute Gasteiger partial charge is 0.475 e. The predicted octanol–water partition coefficient (Wildman–Crippen LogP) is 2.80. The summed E-state index contributed by atoms with van der Waals surface area (Å²) in [6, 6.07) is 0. The van der Waals surface area contributed by atoms with Gasteiger partial charge < -0.3 is 9.84 Å². The lowest BCUT2D eigenvalue weighted by Gasteiger charge is -2.31. The monoisotopic (exact) mass is 443 g/mol. The third-order valence-corrected chi connectivity index (χ3v) is 5.23. The number of carboxylic acids is 1. The summed E-state index contributed by atoms with van der Waals surface area (Å²) in [7, 11) is 1.97. The summed E-state index contributed by atoms with van der Waals surface area (Å²) in [5.74, 6) is -1.49. The number of aliphatic carboxylic acids is 1. The molecule has 1 atom stereocenters. The molecule has 0 radical (unpaired) electrons. The molecule has 0 saturated heterocycles. The van der Waals surface area contributed by atoms with Crippen LogP contribution in [0.2, 0.25) is 0 Å². The lowest BCUT2D eigenvalue weighted by atomic mass is 9.95. The van der Waals surface area contributed by atoms with Gasteiger partial charge in [-0.25, -0.2) is 4.79 Å². The maximum absolute atomic E-state index is 10.6. The van der Waals surface area contributed by atoms with Gasteiger partial charge in [-0.3, -0.25) is 14.3 Å². The molecule has 0 aromatic carbocycles. The summed E-state index contributed by atoms with van der Waals surface area (Å²) in [6.07, 6.45) is 3.97. The van der Waals surface area contributed by atoms with Gasteiger partial charge in [0.05, 0.1) is 18.5 Å². The van der Waals surface area contributed by atoms with Gasteiger partial charge in [0.15, 0.2) is 0 Å². The number of alkyl halides is 3. The van der Waals surface area contributed by atoms with Crippen LogP contribution in [-0.2, 0) is 36.2 Å². The molecule has 8 nitrogen and oxygen atoms in total. The molecule has 3 heterocycles. The van der Waals surface area contributed by atoms with E-state index in [0.717, 1.165) is 45.3 Å². The zero-order valence-electron chi connectivity index (χ0n) is 17.7. The van der Waals surface area contributed by atoms with E-state index >= 15 is 0 Å². The van der Waals surface area contributed by atoms with Crippen LogP contribution in [-0.4, -0.2) is 61.5 Å². The molecular formula is C20H28F3N5O3. The van der Waals surface area contributed by atoms with E-state index in [4.69, 9.17) is 19.7 Å². The largest absolute Gasteiger partial charge is 0.490 e. The summed E-state index contributed by atoms with van der Waals surface area (Å²) in [5.41, 5.74) is 3.88. The van der Waals surface area contributed by atoms with E-state index < -0.39 is 12.1 Å². The molecular weight excluding hydrogens is 415 g/mol. The van der Waals surface area contributed by atoms with Gasteiger partial charge >= 0.3 is 12.1 Å². The standard InChI is InChI=1S/C18H27N5O.C2HF3O2/c1-3-24-13-16-10-22(8-15-6-19-21(2)7-15)12-18-17(16)11-23(20-18)9-14-4-5-14;3-2(4,5)1(6)7/h6-7,11,14,16H,3-5,8-10,12-13H2,1-2H3;(H,6,7). The highest BCUT2D eigenvalue weighted by Crippen LogP contribution is 2.33. The Morgan fingerprint density at radius 1 is 1.32 bits per heavy atom. The van der Waals surface area contributed by atoms with Crippen LogP contribution in [0.1, 0.15) is 42.5 Å². The Bertz CT molecular complexity index is 876. The predicted molar refractivity (Wildman–Crippen MR) is 105 cm³/mol. The molecule has 0 spiro atoms. The molecule has 172 valence electrons. The van der Waals surface area contributed by atoms with Crippen LogP contribution in [0.15, 0.2) is 18.6 Å². The van der Waals surface area contributed by atoms with E-state index in [9.17, 15) is 13.2 Å². The maximum Gasteiger partial charge on any atom is 0.490 e. The molecule has 0 bridgehead atoms. The Hall–Kier alpha value is -2.40. The summed E-state index contributed by atoms with van der Waals surface area (Å²) in [6.45, 7) is 7.56. The van der Waals surface area contributed by atoms with Crippen LogP contribution in [0.5, 0.6) is 0 Å². The Kier molecular flexibility index (Phi) is 7.37. The first-order valence-electron chi connectivity index (χ1n) is 10.3. The van der Waals surface area contributed by atoms with Gasteiger partial charge in [-0.1, -0.05) is 0 Å². The number of aromatic nitrogens is 4. The van der Waals surface area contributed by atoms with E-state index in [1.807, 2.05) is 17.9 Å². The minimum Gasteiger partial charge on any atom is -0.475 e. The molecule has 1 unspecified atom stereocenters. The number of ether oxygens (including phenoxy) is 1. The van der Waals surface area contributed by atoms with Crippen LogP contribution in [0.25, 0.3) is 0 Å². The number of rotatable bonds is 7. The highest BCUT2D eigenvalue weighted by atomic mass is 19.4. The topological polar surface area (TPSA) is 85.4 Å². The average Bonchev–Trinajstić information content (AvgIpc) is 3.26. The van der Waals surface area contributed by atoms with Gasteiger partial charge in [0.1, 0.15) is 0 Å². The van der Waals surface area contributed by atoms with E-state index in [0.29, 0.717) is 5.92 Å². The number of aryl methyl sites for hydroxylation is 1. The number of fused-ring (bicyclic) bond motifs is 1. The summed E-state index contributed by atoms with van der Waals surface area (Å²) < 4.78 is 41.5. The molecule has 2 aromatic heterocycles. The fraction of sp³-hybridized carbons (Fsp3) is 0.650. The van der Waals surface area contributed by atoms with Crippen LogP contribution in [0, 0.1) is 5.92 Å².